The van der Waals surface area contributed by atoms with Crippen molar-refractivity contribution in [1.82, 2.24) is 15.6 Å². The van der Waals surface area contributed by atoms with Crippen LogP contribution in [-0.2, 0) is 9.59 Å². The van der Waals surface area contributed by atoms with E-state index in [1.165, 1.54) is 6.07 Å². The molecule has 0 saturated carbocycles. The molecule has 2 rings (SSSR count). The lowest BCUT2D eigenvalue weighted by molar-refractivity contribution is -0.121. The number of carbonyl (C=O) groups excluding carboxylic acids is 3. The van der Waals surface area contributed by atoms with Crippen LogP contribution in [0, 0.1) is 0 Å². The largest absolute Gasteiger partial charge is 0.485 e. The Hall–Kier alpha value is -2.96. The number of fused-ring (bicyclic) bond motifs is 1. The molecule has 26 heavy (non-hydrogen) atoms. The number of unbranched alkanes of at least 4 members (excludes halogenated alkanes) is 1. The molecule has 1 aromatic carbocycles. The Balaban J connectivity index is 1.98. The van der Waals surface area contributed by atoms with Crippen molar-refractivity contribution < 1.29 is 19.1 Å². The first-order chi connectivity index (χ1) is 12.7. The highest BCUT2D eigenvalue weighted by Crippen LogP contribution is 2.25. The number of pyridine rings is 1. The molecule has 0 spiro atoms. The van der Waals surface area contributed by atoms with Crippen LogP contribution in [0.5, 0.6) is 5.75 Å². The summed E-state index contributed by atoms with van der Waals surface area (Å²) >= 11 is 0. The summed E-state index contributed by atoms with van der Waals surface area (Å²) in [7, 11) is 0. The maximum atomic E-state index is 12.3. The number of carbonyl (C=O) groups is 3. The van der Waals surface area contributed by atoms with Crippen LogP contribution in [0.2, 0.25) is 0 Å². The zero-order valence-corrected chi connectivity index (χ0v) is 14.8. The van der Waals surface area contributed by atoms with E-state index in [2.05, 4.69) is 15.6 Å². The van der Waals surface area contributed by atoms with Crippen molar-refractivity contribution in [3.63, 3.8) is 0 Å². The summed E-state index contributed by atoms with van der Waals surface area (Å²) in [5.74, 6) is 0.0460. The van der Waals surface area contributed by atoms with Gasteiger partial charge < -0.3 is 15.4 Å². The van der Waals surface area contributed by atoms with Crippen LogP contribution >= 0.6 is 0 Å². The third-order valence-electron chi connectivity index (χ3n) is 3.71. The molecule has 0 unspecified atom stereocenters. The maximum absolute atomic E-state index is 12.3. The first kappa shape index (κ1) is 19.4. The molecule has 0 aliphatic heterocycles. The smallest absolute Gasteiger partial charge is 0.270 e. The van der Waals surface area contributed by atoms with Crippen LogP contribution < -0.4 is 15.4 Å². The van der Waals surface area contributed by atoms with Crippen molar-refractivity contribution in [3.05, 3.63) is 36.0 Å². The van der Waals surface area contributed by atoms with E-state index < -0.39 is 0 Å². The third-order valence-corrected chi connectivity index (χ3v) is 3.71. The van der Waals surface area contributed by atoms with Gasteiger partial charge in [0.2, 0.25) is 5.91 Å². The van der Waals surface area contributed by atoms with Crippen LogP contribution in [0.25, 0.3) is 10.9 Å². The average molecular weight is 357 g/mol. The van der Waals surface area contributed by atoms with Crippen LogP contribution in [0.4, 0.5) is 0 Å². The molecule has 0 aliphatic carbocycles. The van der Waals surface area contributed by atoms with Gasteiger partial charge in [0.05, 0.1) is 5.52 Å². The van der Waals surface area contributed by atoms with Gasteiger partial charge in [-0.1, -0.05) is 25.5 Å². The van der Waals surface area contributed by atoms with E-state index in [4.69, 9.17) is 4.74 Å². The van der Waals surface area contributed by atoms with E-state index in [9.17, 15) is 14.4 Å². The molecule has 2 amide bonds. The van der Waals surface area contributed by atoms with E-state index in [0.29, 0.717) is 37.1 Å². The summed E-state index contributed by atoms with van der Waals surface area (Å²) in [5.41, 5.74) is 0.802. The molecule has 0 aliphatic rings. The van der Waals surface area contributed by atoms with E-state index in [1.54, 1.807) is 6.07 Å². The average Bonchev–Trinajstić information content (AvgIpc) is 2.67. The Kier molecular flexibility index (Phi) is 7.54. The van der Waals surface area contributed by atoms with Crippen molar-refractivity contribution in [2.24, 2.45) is 0 Å². The van der Waals surface area contributed by atoms with E-state index >= 15 is 0 Å². The van der Waals surface area contributed by atoms with Gasteiger partial charge >= 0.3 is 0 Å². The van der Waals surface area contributed by atoms with Gasteiger partial charge in [-0.2, -0.15) is 0 Å². The Labute approximate surface area is 152 Å². The van der Waals surface area contributed by atoms with Gasteiger partial charge in [-0.05, 0) is 18.6 Å². The van der Waals surface area contributed by atoms with Crippen molar-refractivity contribution in [2.75, 3.05) is 19.7 Å². The number of aromatic nitrogens is 1. The molecule has 2 aromatic rings. The molecule has 138 valence electrons. The lowest BCUT2D eigenvalue weighted by atomic mass is 10.1. The molecular formula is C19H23N3O4. The summed E-state index contributed by atoms with van der Waals surface area (Å²) in [6, 6.07) is 8.75. The van der Waals surface area contributed by atoms with Crippen LogP contribution in [0.15, 0.2) is 30.3 Å². The van der Waals surface area contributed by atoms with Gasteiger partial charge in [-0.3, -0.25) is 14.4 Å². The second-order valence-electron chi connectivity index (χ2n) is 5.71. The minimum Gasteiger partial charge on any atom is -0.485 e. The molecule has 7 nitrogen and oxygen atoms in total. The fourth-order valence-corrected chi connectivity index (χ4v) is 2.40. The normalized spacial score (nSPS) is 10.3. The highest BCUT2D eigenvalue weighted by Gasteiger charge is 2.12. The second kappa shape index (κ2) is 10.1. The number of ether oxygens (including phenoxy) is 1. The summed E-state index contributed by atoms with van der Waals surface area (Å²) in [6.45, 7) is 2.59. The van der Waals surface area contributed by atoms with E-state index in [0.717, 1.165) is 18.2 Å². The molecule has 0 radical (unpaired) electrons. The number of benzene rings is 1. The topological polar surface area (TPSA) is 97.4 Å². The number of rotatable bonds is 10. The zero-order valence-electron chi connectivity index (χ0n) is 14.8. The van der Waals surface area contributed by atoms with Crippen molar-refractivity contribution in [1.29, 1.82) is 0 Å². The number of amides is 2. The van der Waals surface area contributed by atoms with Crippen molar-refractivity contribution in [3.8, 4) is 5.75 Å². The third kappa shape index (κ3) is 5.54. The van der Waals surface area contributed by atoms with Gasteiger partial charge in [-0.25, -0.2) is 4.98 Å². The van der Waals surface area contributed by atoms with Gasteiger partial charge in [0.25, 0.3) is 5.91 Å². The number of nitrogens with zero attached hydrogens (tertiary/aromatic N) is 1. The van der Waals surface area contributed by atoms with Crippen LogP contribution in [0.1, 0.15) is 36.7 Å². The molecule has 7 heteroatoms. The van der Waals surface area contributed by atoms with Crippen molar-refractivity contribution >= 4 is 29.0 Å². The number of nitrogens with one attached hydrogen (secondary N) is 2. The van der Waals surface area contributed by atoms with Gasteiger partial charge in [0.15, 0.2) is 6.29 Å². The Morgan fingerprint density at radius 1 is 1.19 bits per heavy atom. The first-order valence-electron chi connectivity index (χ1n) is 8.66. The zero-order chi connectivity index (χ0) is 18.8. The predicted molar refractivity (Wildman–Crippen MR) is 98.2 cm³/mol. The van der Waals surface area contributed by atoms with E-state index in [1.807, 2.05) is 25.1 Å². The molecule has 2 N–H and O–H groups in total. The van der Waals surface area contributed by atoms with Gasteiger partial charge in [-0.15, -0.1) is 0 Å². The van der Waals surface area contributed by atoms with Crippen LogP contribution in [-0.4, -0.2) is 42.8 Å². The lowest BCUT2D eigenvalue weighted by Crippen LogP contribution is -2.34. The van der Waals surface area contributed by atoms with Gasteiger partial charge in [0, 0.05) is 31.0 Å². The van der Waals surface area contributed by atoms with Crippen molar-refractivity contribution in [2.45, 2.75) is 26.2 Å². The number of para-hydroxylation sites is 1. The quantitative estimate of drug-likeness (QED) is 0.500. The first-order valence-corrected chi connectivity index (χ1v) is 8.66. The number of hydrogen-bond acceptors (Lipinski definition) is 5. The molecule has 1 heterocycles. The predicted octanol–water partition coefficient (Wildman–Crippen LogP) is 1.85. The summed E-state index contributed by atoms with van der Waals surface area (Å²) in [6.07, 6.45) is 2.96. The second-order valence-corrected chi connectivity index (χ2v) is 5.71. The van der Waals surface area contributed by atoms with E-state index in [-0.39, 0.29) is 24.1 Å². The standard InChI is InChI=1S/C19H23N3O4/c1-2-3-8-18(24)20-9-10-21-19(25)16-13-17(26-12-11-23)14-6-4-5-7-15(14)22-16/h4-7,11,13H,2-3,8-10,12H2,1H3,(H,20,24)(H,21,25). The number of hydrogen-bond donors (Lipinski definition) is 2. The summed E-state index contributed by atoms with van der Waals surface area (Å²) in [5, 5.41) is 6.20. The number of aldehydes is 1. The van der Waals surface area contributed by atoms with Gasteiger partial charge in [0.1, 0.15) is 18.1 Å². The maximum Gasteiger partial charge on any atom is 0.270 e. The Bertz CT molecular complexity index is 776. The fraction of sp³-hybridized carbons (Fsp3) is 0.368. The molecule has 0 fully saturated rings. The molecule has 0 atom stereocenters. The summed E-state index contributed by atoms with van der Waals surface area (Å²) in [4.78, 5) is 38.8. The SMILES string of the molecule is CCCCC(=O)NCCNC(=O)c1cc(OCC=O)c2ccccc2n1. The monoisotopic (exact) mass is 357 g/mol. The van der Waals surface area contributed by atoms with Crippen LogP contribution in [0.3, 0.4) is 0 Å². The summed E-state index contributed by atoms with van der Waals surface area (Å²) < 4.78 is 5.41. The fourth-order valence-electron chi connectivity index (χ4n) is 2.40. The minimum atomic E-state index is -0.366. The highest BCUT2D eigenvalue weighted by atomic mass is 16.5. The lowest BCUT2D eigenvalue weighted by Gasteiger charge is -2.10. The molecule has 1 aromatic heterocycles. The Morgan fingerprint density at radius 3 is 2.73 bits per heavy atom. The molecular weight excluding hydrogens is 334 g/mol. The Morgan fingerprint density at radius 2 is 1.96 bits per heavy atom. The molecule has 0 saturated heterocycles. The highest BCUT2D eigenvalue weighted by molar-refractivity contribution is 5.97. The minimum absolute atomic E-state index is 0.0190. The molecule has 0 bridgehead atoms.